The summed E-state index contributed by atoms with van der Waals surface area (Å²) in [5, 5.41) is 15.7. The number of hydrogen-bond acceptors (Lipinski definition) is 8. The Morgan fingerprint density at radius 3 is 2.71 bits per heavy atom. The van der Waals surface area contributed by atoms with Crippen molar-refractivity contribution >= 4 is 56.4 Å². The van der Waals surface area contributed by atoms with E-state index in [1.165, 1.54) is 44.9 Å². The van der Waals surface area contributed by atoms with Crippen molar-refractivity contribution in [2.75, 3.05) is 22.9 Å². The van der Waals surface area contributed by atoms with Gasteiger partial charge in [0.15, 0.2) is 4.34 Å². The van der Waals surface area contributed by atoms with Gasteiger partial charge in [0.1, 0.15) is 5.00 Å². The highest BCUT2D eigenvalue weighted by Gasteiger charge is 2.25. The molecule has 0 saturated heterocycles. The van der Waals surface area contributed by atoms with E-state index >= 15 is 0 Å². The summed E-state index contributed by atoms with van der Waals surface area (Å²) in [7, 11) is 0. The number of amides is 2. The number of carbonyl (C=O) groups excluding carboxylic acids is 2. The summed E-state index contributed by atoms with van der Waals surface area (Å²) >= 11 is 4.23. The number of aryl methyl sites for hydroxylation is 1. The SMILES string of the molecule is NC(=O)c1c(NC(=O)CSc2nnc(NCCc3ccccc3)s2)sc2c1CCCC2. The molecule has 4 rings (SSSR count). The fraction of sp³-hybridized carbons (Fsp3) is 0.333. The number of thiophene rings is 1. The van der Waals surface area contributed by atoms with Crippen molar-refractivity contribution in [1.82, 2.24) is 10.2 Å². The number of nitrogens with zero attached hydrogens (tertiary/aromatic N) is 2. The summed E-state index contributed by atoms with van der Waals surface area (Å²) in [6, 6.07) is 10.2. The lowest BCUT2D eigenvalue weighted by Gasteiger charge is -2.11. The molecule has 0 radical (unpaired) electrons. The first-order valence-electron chi connectivity index (χ1n) is 10.1. The van der Waals surface area contributed by atoms with E-state index in [9.17, 15) is 9.59 Å². The normalized spacial score (nSPS) is 12.9. The van der Waals surface area contributed by atoms with Gasteiger partial charge in [0.2, 0.25) is 11.0 Å². The van der Waals surface area contributed by atoms with Crippen LogP contribution in [0, 0.1) is 0 Å². The van der Waals surface area contributed by atoms with Crippen LogP contribution < -0.4 is 16.4 Å². The molecule has 3 aromatic rings. The molecule has 7 nitrogen and oxygen atoms in total. The number of thioether (sulfide) groups is 1. The summed E-state index contributed by atoms with van der Waals surface area (Å²) in [5.74, 6) is -0.461. The molecule has 0 unspecified atom stereocenters. The van der Waals surface area contributed by atoms with Gasteiger partial charge in [-0.15, -0.1) is 21.5 Å². The Kier molecular flexibility index (Phi) is 7.21. The zero-order valence-corrected chi connectivity index (χ0v) is 19.3. The van der Waals surface area contributed by atoms with Crippen molar-refractivity contribution in [3.63, 3.8) is 0 Å². The van der Waals surface area contributed by atoms with Gasteiger partial charge in [-0.2, -0.15) is 0 Å². The minimum atomic E-state index is -0.474. The number of hydrogen-bond donors (Lipinski definition) is 3. The Morgan fingerprint density at radius 1 is 1.10 bits per heavy atom. The van der Waals surface area contributed by atoms with Gasteiger partial charge in [0, 0.05) is 11.4 Å². The Bertz CT molecular complexity index is 1060. The van der Waals surface area contributed by atoms with Crippen molar-refractivity contribution in [3.05, 3.63) is 51.9 Å². The van der Waals surface area contributed by atoms with E-state index in [0.717, 1.165) is 53.7 Å². The molecule has 1 aromatic carbocycles. The Hall–Kier alpha value is -2.43. The average molecular weight is 474 g/mol. The van der Waals surface area contributed by atoms with E-state index in [4.69, 9.17) is 5.73 Å². The lowest BCUT2D eigenvalue weighted by molar-refractivity contribution is -0.113. The Labute approximate surface area is 192 Å². The quantitative estimate of drug-likeness (QED) is 0.406. The smallest absolute Gasteiger partial charge is 0.251 e. The molecule has 0 atom stereocenters. The van der Waals surface area contributed by atoms with Crippen LogP contribution in [0.4, 0.5) is 10.1 Å². The third kappa shape index (κ3) is 5.63. The standard InChI is InChI=1S/C21H23N5O2S3/c22-18(28)17-14-8-4-5-9-15(14)30-19(17)24-16(27)12-29-21-26-25-20(31-21)23-11-10-13-6-2-1-3-7-13/h1-3,6-7H,4-5,8-12H2,(H2,22,28)(H,23,25)(H,24,27). The van der Waals surface area contributed by atoms with Crippen molar-refractivity contribution in [2.45, 2.75) is 36.4 Å². The summed E-state index contributed by atoms with van der Waals surface area (Å²) < 4.78 is 0.720. The molecule has 2 amide bonds. The minimum Gasteiger partial charge on any atom is -0.365 e. The summed E-state index contributed by atoms with van der Waals surface area (Å²) in [5.41, 5.74) is 8.35. The number of primary amides is 1. The first kappa shape index (κ1) is 21.8. The molecule has 0 bridgehead atoms. The van der Waals surface area contributed by atoms with E-state index < -0.39 is 5.91 Å². The molecule has 0 saturated carbocycles. The molecule has 10 heteroatoms. The van der Waals surface area contributed by atoms with Gasteiger partial charge < -0.3 is 16.4 Å². The average Bonchev–Trinajstić information content (AvgIpc) is 3.37. The van der Waals surface area contributed by atoms with Gasteiger partial charge in [0.25, 0.3) is 5.91 Å². The molecule has 4 N–H and O–H groups in total. The minimum absolute atomic E-state index is 0.181. The molecular weight excluding hydrogens is 450 g/mol. The van der Waals surface area contributed by atoms with Crippen molar-refractivity contribution in [3.8, 4) is 0 Å². The van der Waals surface area contributed by atoms with Crippen LogP contribution in [0.25, 0.3) is 0 Å². The second-order valence-electron chi connectivity index (χ2n) is 7.15. The number of fused-ring (bicyclic) bond motifs is 1. The lowest BCUT2D eigenvalue weighted by atomic mass is 9.95. The highest BCUT2D eigenvalue weighted by molar-refractivity contribution is 8.01. The van der Waals surface area contributed by atoms with E-state index in [1.807, 2.05) is 18.2 Å². The third-order valence-electron chi connectivity index (χ3n) is 4.94. The monoisotopic (exact) mass is 473 g/mol. The van der Waals surface area contributed by atoms with Crippen LogP contribution in [0.1, 0.15) is 39.2 Å². The molecule has 162 valence electrons. The van der Waals surface area contributed by atoms with Crippen LogP contribution in [-0.2, 0) is 24.1 Å². The lowest BCUT2D eigenvalue weighted by Crippen LogP contribution is -2.19. The van der Waals surface area contributed by atoms with Crippen LogP contribution in [-0.4, -0.2) is 34.3 Å². The maximum absolute atomic E-state index is 12.5. The molecule has 0 spiro atoms. The number of benzene rings is 1. The van der Waals surface area contributed by atoms with E-state index in [0.29, 0.717) is 10.6 Å². The van der Waals surface area contributed by atoms with Crippen LogP contribution >= 0.6 is 34.4 Å². The van der Waals surface area contributed by atoms with E-state index in [1.54, 1.807) is 0 Å². The molecule has 0 fully saturated rings. The zero-order valence-electron chi connectivity index (χ0n) is 16.8. The maximum atomic E-state index is 12.5. The van der Waals surface area contributed by atoms with Crippen LogP contribution in [0.3, 0.4) is 0 Å². The van der Waals surface area contributed by atoms with Gasteiger partial charge in [-0.25, -0.2) is 0 Å². The second kappa shape index (κ2) is 10.3. The number of rotatable bonds is 9. The highest BCUT2D eigenvalue weighted by atomic mass is 32.2. The predicted molar refractivity (Wildman–Crippen MR) is 127 cm³/mol. The molecular formula is C21H23N5O2S3. The first-order chi connectivity index (χ1) is 15.1. The molecule has 1 aliphatic carbocycles. The van der Waals surface area contributed by atoms with Crippen LogP contribution in [0.2, 0.25) is 0 Å². The number of nitrogens with one attached hydrogen (secondary N) is 2. The van der Waals surface area contributed by atoms with Crippen LogP contribution in [0.15, 0.2) is 34.7 Å². The summed E-state index contributed by atoms with van der Waals surface area (Å²) in [6.07, 6.45) is 4.84. The van der Waals surface area contributed by atoms with E-state index in [-0.39, 0.29) is 11.7 Å². The number of nitrogens with two attached hydrogens (primary N) is 1. The first-order valence-corrected chi connectivity index (χ1v) is 12.7. The Morgan fingerprint density at radius 2 is 1.90 bits per heavy atom. The number of aromatic nitrogens is 2. The van der Waals surface area contributed by atoms with E-state index in [2.05, 4.69) is 33.0 Å². The molecule has 2 aromatic heterocycles. The van der Waals surface area contributed by atoms with Gasteiger partial charge in [-0.1, -0.05) is 53.4 Å². The summed E-state index contributed by atoms with van der Waals surface area (Å²) in [4.78, 5) is 25.6. The fourth-order valence-electron chi connectivity index (χ4n) is 3.50. The zero-order chi connectivity index (χ0) is 21.6. The molecule has 31 heavy (non-hydrogen) atoms. The second-order valence-corrected chi connectivity index (χ2v) is 10.5. The topological polar surface area (TPSA) is 110 Å². The molecule has 2 heterocycles. The van der Waals surface area contributed by atoms with Crippen molar-refractivity contribution in [2.24, 2.45) is 5.73 Å². The van der Waals surface area contributed by atoms with Crippen molar-refractivity contribution < 1.29 is 9.59 Å². The maximum Gasteiger partial charge on any atom is 0.251 e. The van der Waals surface area contributed by atoms with Crippen molar-refractivity contribution in [1.29, 1.82) is 0 Å². The largest absolute Gasteiger partial charge is 0.365 e. The third-order valence-corrected chi connectivity index (χ3v) is 8.16. The van der Waals surface area contributed by atoms with Crippen LogP contribution in [0.5, 0.6) is 0 Å². The van der Waals surface area contributed by atoms with Gasteiger partial charge in [-0.05, 0) is 43.2 Å². The Balaban J connectivity index is 1.28. The summed E-state index contributed by atoms with van der Waals surface area (Å²) in [6.45, 7) is 0.767. The highest BCUT2D eigenvalue weighted by Crippen LogP contribution is 2.38. The molecule has 0 aliphatic heterocycles. The fourth-order valence-corrected chi connectivity index (χ4v) is 6.39. The number of carbonyl (C=O) groups is 2. The van der Waals surface area contributed by atoms with Gasteiger partial charge in [-0.3, -0.25) is 9.59 Å². The number of anilines is 2. The van der Waals surface area contributed by atoms with Gasteiger partial charge >= 0.3 is 0 Å². The predicted octanol–water partition coefficient (Wildman–Crippen LogP) is 3.96. The molecule has 1 aliphatic rings. The van der Waals surface area contributed by atoms with Gasteiger partial charge in [0.05, 0.1) is 11.3 Å².